The van der Waals surface area contributed by atoms with Crippen LogP contribution in [0.1, 0.15) is 25.0 Å². The van der Waals surface area contributed by atoms with Gasteiger partial charge in [-0.1, -0.05) is 19.9 Å². The molecule has 1 aliphatic rings. The molecule has 1 amide bonds. The van der Waals surface area contributed by atoms with E-state index in [9.17, 15) is 4.79 Å². The fourth-order valence-corrected chi connectivity index (χ4v) is 2.08. The summed E-state index contributed by atoms with van der Waals surface area (Å²) in [6.45, 7) is 7.15. The maximum absolute atomic E-state index is 12.0. The number of nitrogen functional groups attached to an aromatic ring is 1. The summed E-state index contributed by atoms with van der Waals surface area (Å²) in [7, 11) is 0. The van der Waals surface area contributed by atoms with Crippen LogP contribution in [-0.2, 0) is 11.2 Å². The van der Waals surface area contributed by atoms with Crippen molar-refractivity contribution in [2.45, 2.75) is 27.2 Å². The van der Waals surface area contributed by atoms with E-state index in [2.05, 4.69) is 6.07 Å². The number of rotatable bonds is 2. The third kappa shape index (κ3) is 2.42. The van der Waals surface area contributed by atoms with Crippen LogP contribution in [0.5, 0.6) is 0 Å². The number of amides is 1. The first-order valence-electron chi connectivity index (χ1n) is 6.32. The van der Waals surface area contributed by atoms with Crippen molar-refractivity contribution < 1.29 is 9.53 Å². The molecular weight excluding hydrogens is 228 g/mol. The molecule has 0 atom stereocenters. The molecule has 0 unspecified atom stereocenters. The molecule has 1 aromatic carbocycles. The Labute approximate surface area is 108 Å². The molecule has 98 valence electrons. The zero-order valence-electron chi connectivity index (χ0n) is 11.2. The summed E-state index contributed by atoms with van der Waals surface area (Å²) in [6.07, 6.45) is 0.596. The molecule has 0 aliphatic carbocycles. The second-order valence-corrected chi connectivity index (χ2v) is 5.21. The zero-order valence-corrected chi connectivity index (χ0v) is 11.2. The van der Waals surface area contributed by atoms with Gasteiger partial charge in [-0.3, -0.25) is 4.90 Å². The summed E-state index contributed by atoms with van der Waals surface area (Å²) in [6, 6.07) is 3.93. The first-order chi connectivity index (χ1) is 8.49. The predicted octanol–water partition coefficient (Wildman–Crippen LogP) is 2.73. The van der Waals surface area contributed by atoms with E-state index in [1.807, 2.05) is 26.8 Å². The van der Waals surface area contributed by atoms with Crippen LogP contribution >= 0.6 is 0 Å². The van der Waals surface area contributed by atoms with Gasteiger partial charge in [0, 0.05) is 12.2 Å². The number of nitrogens with zero attached hydrogens (tertiary/aromatic N) is 1. The molecule has 4 heteroatoms. The van der Waals surface area contributed by atoms with Crippen LogP contribution in [0.2, 0.25) is 0 Å². The molecule has 0 bridgehead atoms. The minimum Gasteiger partial charge on any atom is -0.449 e. The van der Waals surface area contributed by atoms with E-state index >= 15 is 0 Å². The van der Waals surface area contributed by atoms with Gasteiger partial charge in [-0.2, -0.15) is 0 Å². The lowest BCUT2D eigenvalue weighted by molar-refractivity contribution is 0.140. The van der Waals surface area contributed by atoms with Crippen molar-refractivity contribution in [3.05, 3.63) is 23.3 Å². The predicted molar refractivity (Wildman–Crippen MR) is 72.8 cm³/mol. The molecule has 2 N–H and O–H groups in total. The molecule has 1 aromatic rings. The van der Waals surface area contributed by atoms with Crippen molar-refractivity contribution in [2.75, 3.05) is 23.8 Å². The van der Waals surface area contributed by atoms with Crippen molar-refractivity contribution in [1.82, 2.24) is 0 Å². The number of ether oxygens (including phenoxy) is 1. The molecule has 0 spiro atoms. The minimum absolute atomic E-state index is 0.272. The van der Waals surface area contributed by atoms with Crippen LogP contribution in [0.25, 0.3) is 0 Å². The van der Waals surface area contributed by atoms with Crippen LogP contribution in [0, 0.1) is 12.8 Å². The molecule has 0 fully saturated rings. The Balaban J connectivity index is 2.16. The van der Waals surface area contributed by atoms with E-state index < -0.39 is 0 Å². The fraction of sp³-hybridized carbons (Fsp3) is 0.500. The number of hydrogen-bond donors (Lipinski definition) is 1. The Hall–Kier alpha value is -1.71. The van der Waals surface area contributed by atoms with E-state index in [0.717, 1.165) is 23.4 Å². The molecule has 2 rings (SSSR count). The van der Waals surface area contributed by atoms with Gasteiger partial charge >= 0.3 is 6.09 Å². The first-order valence-corrected chi connectivity index (χ1v) is 6.32. The minimum atomic E-state index is -0.272. The van der Waals surface area contributed by atoms with Crippen LogP contribution < -0.4 is 10.6 Å². The number of carbonyl (C=O) groups is 1. The van der Waals surface area contributed by atoms with Crippen molar-refractivity contribution in [3.63, 3.8) is 0 Å². The maximum atomic E-state index is 12.0. The smallest absolute Gasteiger partial charge is 0.414 e. The van der Waals surface area contributed by atoms with Crippen LogP contribution in [-0.4, -0.2) is 19.2 Å². The lowest BCUT2D eigenvalue weighted by Crippen LogP contribution is -2.30. The SMILES string of the molecule is Cc1cc2c(cc1N)N(C(=O)OCC(C)C)CC2. The third-order valence-corrected chi connectivity index (χ3v) is 3.12. The number of benzene rings is 1. The normalized spacial score (nSPS) is 13.9. The lowest BCUT2D eigenvalue weighted by atomic mass is 10.1. The van der Waals surface area contributed by atoms with Crippen LogP contribution in [0.15, 0.2) is 12.1 Å². The number of aryl methyl sites for hydroxylation is 1. The highest BCUT2D eigenvalue weighted by Crippen LogP contribution is 2.32. The van der Waals surface area contributed by atoms with E-state index in [1.165, 1.54) is 5.56 Å². The van der Waals surface area contributed by atoms with Gasteiger partial charge in [-0.05, 0) is 36.5 Å². The molecule has 4 nitrogen and oxygen atoms in total. The van der Waals surface area contributed by atoms with Crippen LogP contribution in [0.4, 0.5) is 16.2 Å². The van der Waals surface area contributed by atoms with E-state index in [1.54, 1.807) is 4.90 Å². The molecule has 0 aromatic heterocycles. The quantitative estimate of drug-likeness (QED) is 0.819. The number of carbonyl (C=O) groups excluding carboxylic acids is 1. The number of nitrogens with two attached hydrogens (primary N) is 1. The van der Waals surface area contributed by atoms with Gasteiger partial charge < -0.3 is 10.5 Å². The van der Waals surface area contributed by atoms with Gasteiger partial charge in [-0.25, -0.2) is 4.79 Å². The Morgan fingerprint density at radius 3 is 2.89 bits per heavy atom. The largest absolute Gasteiger partial charge is 0.449 e. The molecule has 0 saturated carbocycles. The Morgan fingerprint density at radius 2 is 2.22 bits per heavy atom. The highest BCUT2D eigenvalue weighted by atomic mass is 16.6. The van der Waals surface area contributed by atoms with Crippen molar-refractivity contribution in [1.29, 1.82) is 0 Å². The van der Waals surface area contributed by atoms with E-state index in [4.69, 9.17) is 10.5 Å². The molecule has 0 radical (unpaired) electrons. The number of anilines is 2. The maximum Gasteiger partial charge on any atom is 0.414 e. The van der Waals surface area contributed by atoms with Gasteiger partial charge in [0.25, 0.3) is 0 Å². The van der Waals surface area contributed by atoms with Gasteiger partial charge in [0.15, 0.2) is 0 Å². The topological polar surface area (TPSA) is 55.6 Å². The second-order valence-electron chi connectivity index (χ2n) is 5.21. The van der Waals surface area contributed by atoms with Crippen molar-refractivity contribution in [2.24, 2.45) is 5.92 Å². The van der Waals surface area contributed by atoms with Gasteiger partial charge in [0.2, 0.25) is 0 Å². The fourth-order valence-electron chi connectivity index (χ4n) is 2.08. The van der Waals surface area contributed by atoms with Crippen molar-refractivity contribution >= 4 is 17.5 Å². The first kappa shape index (κ1) is 12.7. The van der Waals surface area contributed by atoms with Gasteiger partial charge in [-0.15, -0.1) is 0 Å². The molecule has 1 aliphatic heterocycles. The zero-order chi connectivity index (χ0) is 13.3. The van der Waals surface area contributed by atoms with Crippen LogP contribution in [0.3, 0.4) is 0 Å². The lowest BCUT2D eigenvalue weighted by Gasteiger charge is -2.18. The van der Waals surface area contributed by atoms with Gasteiger partial charge in [0.05, 0.1) is 12.3 Å². The monoisotopic (exact) mass is 248 g/mol. The van der Waals surface area contributed by atoms with Crippen molar-refractivity contribution in [3.8, 4) is 0 Å². The molecular formula is C14H20N2O2. The Kier molecular flexibility index (Phi) is 3.45. The Bertz CT molecular complexity index is 469. The highest BCUT2D eigenvalue weighted by Gasteiger charge is 2.26. The molecule has 18 heavy (non-hydrogen) atoms. The summed E-state index contributed by atoms with van der Waals surface area (Å²) in [5, 5.41) is 0. The average molecular weight is 248 g/mol. The van der Waals surface area contributed by atoms with E-state index in [0.29, 0.717) is 19.1 Å². The standard InChI is InChI=1S/C14H20N2O2/c1-9(2)8-18-14(17)16-5-4-11-6-10(3)12(15)7-13(11)16/h6-7,9H,4-5,8,15H2,1-3H3. The molecule has 0 saturated heterocycles. The summed E-state index contributed by atoms with van der Waals surface area (Å²) in [5.74, 6) is 0.346. The summed E-state index contributed by atoms with van der Waals surface area (Å²) < 4.78 is 5.26. The second kappa shape index (κ2) is 4.88. The average Bonchev–Trinajstić information content (AvgIpc) is 2.69. The third-order valence-electron chi connectivity index (χ3n) is 3.12. The highest BCUT2D eigenvalue weighted by molar-refractivity contribution is 5.91. The molecule has 1 heterocycles. The van der Waals surface area contributed by atoms with E-state index in [-0.39, 0.29) is 6.09 Å². The summed E-state index contributed by atoms with van der Waals surface area (Å²) in [4.78, 5) is 13.6. The number of fused-ring (bicyclic) bond motifs is 1. The number of hydrogen-bond acceptors (Lipinski definition) is 3. The van der Waals surface area contributed by atoms with Gasteiger partial charge in [0.1, 0.15) is 0 Å². The summed E-state index contributed by atoms with van der Waals surface area (Å²) in [5.41, 5.74) is 9.74. The summed E-state index contributed by atoms with van der Waals surface area (Å²) >= 11 is 0. The Morgan fingerprint density at radius 1 is 1.50 bits per heavy atom.